The molecule has 0 unspecified atom stereocenters. The largest absolute Gasteiger partial charge is 0.457 e. The molecule has 6 aromatic carbocycles. The van der Waals surface area contributed by atoms with Crippen LogP contribution in [0.1, 0.15) is 22.3 Å². The van der Waals surface area contributed by atoms with Crippen LogP contribution in [0.15, 0.2) is 133 Å². The van der Waals surface area contributed by atoms with Gasteiger partial charge in [-0.25, -0.2) is 0 Å². The van der Waals surface area contributed by atoms with Crippen molar-refractivity contribution in [3.63, 3.8) is 0 Å². The lowest BCUT2D eigenvalue weighted by Crippen LogP contribution is -2.32. The van der Waals surface area contributed by atoms with Crippen molar-refractivity contribution in [3.8, 4) is 28.3 Å². The van der Waals surface area contributed by atoms with Gasteiger partial charge < -0.3 is 9.30 Å². The molecule has 0 bridgehead atoms. The molecule has 0 atom stereocenters. The standard InChI is InChI=1S/C37H22ClNO/c38-23-17-19-27-26-10-2-6-14-33(26)39(34(27)21-23)24-18-20-30-28(22-24)25-9-1-3-11-29(25)37(30)31-12-4-7-15-35(31)40-36-16-8-5-13-32(36)37/h1-22H. The van der Waals surface area contributed by atoms with Crippen LogP contribution in [0, 0.1) is 0 Å². The Kier molecular flexibility index (Phi) is 4.35. The molecule has 1 aliphatic heterocycles. The van der Waals surface area contributed by atoms with Crippen molar-refractivity contribution in [2.24, 2.45) is 0 Å². The van der Waals surface area contributed by atoms with Gasteiger partial charge in [-0.1, -0.05) is 103 Å². The molecule has 0 radical (unpaired) electrons. The van der Waals surface area contributed by atoms with Crippen LogP contribution in [0.25, 0.3) is 38.6 Å². The molecule has 1 aromatic heterocycles. The van der Waals surface area contributed by atoms with E-state index in [1.807, 2.05) is 6.07 Å². The second-order valence-electron chi connectivity index (χ2n) is 10.6. The maximum absolute atomic E-state index is 6.53. The summed E-state index contributed by atoms with van der Waals surface area (Å²) in [5.41, 5.74) is 10.4. The third kappa shape index (κ3) is 2.69. The van der Waals surface area contributed by atoms with Gasteiger partial charge in [-0.2, -0.15) is 0 Å². The molecule has 0 fully saturated rings. The molecule has 188 valence electrons. The Balaban J connectivity index is 1.40. The normalized spacial score (nSPS) is 14.0. The first kappa shape index (κ1) is 22.1. The molecule has 7 aromatic rings. The van der Waals surface area contributed by atoms with E-state index in [4.69, 9.17) is 16.3 Å². The van der Waals surface area contributed by atoms with E-state index in [1.54, 1.807) is 0 Å². The van der Waals surface area contributed by atoms with E-state index in [0.29, 0.717) is 0 Å². The number of hydrogen-bond donors (Lipinski definition) is 0. The average Bonchev–Trinajstić information content (AvgIpc) is 3.47. The number of hydrogen-bond acceptors (Lipinski definition) is 1. The first-order valence-corrected chi connectivity index (χ1v) is 13.9. The van der Waals surface area contributed by atoms with E-state index in [0.717, 1.165) is 27.7 Å². The van der Waals surface area contributed by atoms with Crippen molar-refractivity contribution in [1.29, 1.82) is 0 Å². The minimum atomic E-state index is -0.458. The number of benzene rings is 6. The molecule has 3 heteroatoms. The minimum absolute atomic E-state index is 0.458. The second kappa shape index (κ2) is 7.88. The van der Waals surface area contributed by atoms with Crippen LogP contribution in [0.2, 0.25) is 5.02 Å². The van der Waals surface area contributed by atoms with Gasteiger partial charge in [0.1, 0.15) is 11.5 Å². The quantitative estimate of drug-likeness (QED) is 0.205. The number of aromatic nitrogens is 1. The van der Waals surface area contributed by atoms with Gasteiger partial charge in [0, 0.05) is 32.6 Å². The number of fused-ring (bicyclic) bond motifs is 12. The molecular weight excluding hydrogens is 510 g/mol. The van der Waals surface area contributed by atoms with Crippen molar-refractivity contribution in [3.05, 3.63) is 161 Å². The third-order valence-corrected chi connectivity index (χ3v) is 8.96. The van der Waals surface area contributed by atoms with Crippen LogP contribution < -0.4 is 4.74 Å². The molecule has 0 saturated carbocycles. The lowest BCUT2D eigenvalue weighted by Gasteiger charge is -2.39. The van der Waals surface area contributed by atoms with Gasteiger partial charge in [0.25, 0.3) is 0 Å². The fourth-order valence-electron chi connectivity index (χ4n) is 7.21. The fourth-order valence-corrected chi connectivity index (χ4v) is 7.37. The predicted molar refractivity (Wildman–Crippen MR) is 163 cm³/mol. The summed E-state index contributed by atoms with van der Waals surface area (Å²) in [5.74, 6) is 1.81. The van der Waals surface area contributed by atoms with Gasteiger partial charge in [-0.15, -0.1) is 0 Å². The molecular formula is C37H22ClNO. The first-order valence-electron chi connectivity index (χ1n) is 13.6. The van der Waals surface area contributed by atoms with E-state index < -0.39 is 5.41 Å². The molecule has 2 heterocycles. The Morgan fingerprint density at radius 1 is 0.500 bits per heavy atom. The molecule has 1 aliphatic carbocycles. The van der Waals surface area contributed by atoms with Crippen LogP contribution in [-0.4, -0.2) is 4.57 Å². The first-order chi connectivity index (χ1) is 19.7. The second-order valence-corrected chi connectivity index (χ2v) is 11.1. The highest BCUT2D eigenvalue weighted by Gasteiger charge is 2.50. The van der Waals surface area contributed by atoms with Gasteiger partial charge in [0.15, 0.2) is 0 Å². The number of para-hydroxylation sites is 3. The minimum Gasteiger partial charge on any atom is -0.457 e. The molecule has 2 nitrogen and oxygen atoms in total. The maximum Gasteiger partial charge on any atom is 0.132 e. The number of ether oxygens (including phenoxy) is 1. The smallest absolute Gasteiger partial charge is 0.132 e. The van der Waals surface area contributed by atoms with Crippen molar-refractivity contribution < 1.29 is 4.74 Å². The molecule has 0 N–H and O–H groups in total. The topological polar surface area (TPSA) is 14.2 Å². The Hall–Kier alpha value is -4.79. The molecule has 0 saturated heterocycles. The summed E-state index contributed by atoms with van der Waals surface area (Å²) in [6.45, 7) is 0. The van der Waals surface area contributed by atoms with Crippen molar-refractivity contribution >= 4 is 33.4 Å². The summed E-state index contributed by atoms with van der Waals surface area (Å²) in [4.78, 5) is 0. The van der Waals surface area contributed by atoms with Gasteiger partial charge in [-0.3, -0.25) is 0 Å². The van der Waals surface area contributed by atoms with Gasteiger partial charge >= 0.3 is 0 Å². The molecule has 1 spiro atoms. The number of halogens is 1. The highest BCUT2D eigenvalue weighted by Crippen LogP contribution is 2.62. The van der Waals surface area contributed by atoms with Crippen molar-refractivity contribution in [1.82, 2.24) is 4.57 Å². The molecule has 0 amide bonds. The highest BCUT2D eigenvalue weighted by atomic mass is 35.5. The van der Waals surface area contributed by atoms with E-state index in [2.05, 4.69) is 132 Å². The number of nitrogens with zero attached hydrogens (tertiary/aromatic N) is 1. The molecule has 40 heavy (non-hydrogen) atoms. The lowest BCUT2D eigenvalue weighted by atomic mass is 9.66. The zero-order chi connectivity index (χ0) is 26.4. The summed E-state index contributed by atoms with van der Waals surface area (Å²) in [6, 6.07) is 47.5. The maximum atomic E-state index is 6.53. The zero-order valence-electron chi connectivity index (χ0n) is 21.4. The molecule has 9 rings (SSSR count). The van der Waals surface area contributed by atoms with E-state index in [9.17, 15) is 0 Å². The average molecular weight is 532 g/mol. The summed E-state index contributed by atoms with van der Waals surface area (Å²) in [6.07, 6.45) is 0. The van der Waals surface area contributed by atoms with Crippen LogP contribution in [-0.2, 0) is 5.41 Å². The Morgan fingerprint density at radius 3 is 1.93 bits per heavy atom. The third-order valence-electron chi connectivity index (χ3n) is 8.72. The number of rotatable bonds is 1. The van der Waals surface area contributed by atoms with Gasteiger partial charge in [0.05, 0.1) is 16.4 Å². The summed E-state index contributed by atoms with van der Waals surface area (Å²) in [7, 11) is 0. The van der Waals surface area contributed by atoms with Crippen LogP contribution in [0.4, 0.5) is 0 Å². The van der Waals surface area contributed by atoms with Crippen LogP contribution >= 0.6 is 11.6 Å². The molecule has 2 aliphatic rings. The summed E-state index contributed by atoms with van der Waals surface area (Å²) < 4.78 is 8.81. The SMILES string of the molecule is Clc1ccc2c3ccccc3n(-c3ccc4c(c3)-c3ccccc3C43c4ccccc4Oc4ccccc43)c2c1. The lowest BCUT2D eigenvalue weighted by molar-refractivity contribution is 0.436. The van der Waals surface area contributed by atoms with Gasteiger partial charge in [-0.05, 0) is 64.7 Å². The van der Waals surface area contributed by atoms with E-state index in [-0.39, 0.29) is 0 Å². The van der Waals surface area contributed by atoms with Crippen molar-refractivity contribution in [2.75, 3.05) is 0 Å². The summed E-state index contributed by atoms with van der Waals surface area (Å²) in [5, 5.41) is 3.15. The zero-order valence-corrected chi connectivity index (χ0v) is 22.2. The van der Waals surface area contributed by atoms with Crippen molar-refractivity contribution in [2.45, 2.75) is 5.41 Å². The predicted octanol–water partition coefficient (Wildman–Crippen LogP) is 9.91. The van der Waals surface area contributed by atoms with Crippen LogP contribution in [0.3, 0.4) is 0 Å². The van der Waals surface area contributed by atoms with E-state index >= 15 is 0 Å². The Bertz CT molecular complexity index is 2130. The Morgan fingerprint density at radius 2 is 1.12 bits per heavy atom. The van der Waals surface area contributed by atoms with E-state index in [1.165, 1.54) is 49.7 Å². The Labute approximate surface area is 236 Å². The highest BCUT2D eigenvalue weighted by molar-refractivity contribution is 6.31. The van der Waals surface area contributed by atoms with Gasteiger partial charge in [0.2, 0.25) is 0 Å². The summed E-state index contributed by atoms with van der Waals surface area (Å²) >= 11 is 6.53. The fraction of sp³-hybridized carbons (Fsp3) is 0.0270. The monoisotopic (exact) mass is 531 g/mol. The van der Waals surface area contributed by atoms with Crippen LogP contribution in [0.5, 0.6) is 11.5 Å².